The van der Waals surface area contributed by atoms with Crippen molar-refractivity contribution in [1.82, 2.24) is 9.78 Å². The Labute approximate surface area is 127 Å². The normalized spacial score (nSPS) is 13.3. The summed E-state index contributed by atoms with van der Waals surface area (Å²) in [6.07, 6.45) is 7.09. The molecule has 0 aliphatic heterocycles. The van der Waals surface area contributed by atoms with Crippen molar-refractivity contribution < 1.29 is 5.11 Å². The third-order valence-corrected chi connectivity index (χ3v) is 4.71. The van der Waals surface area contributed by atoms with Crippen LogP contribution in [0.1, 0.15) is 44.2 Å². The molecule has 3 nitrogen and oxygen atoms in total. The zero-order valence-corrected chi connectivity index (χ0v) is 13.3. The van der Waals surface area contributed by atoms with E-state index >= 15 is 0 Å². The Kier molecular flexibility index (Phi) is 5.18. The number of aromatic nitrogens is 2. The van der Waals surface area contributed by atoms with Crippen LogP contribution in [-0.2, 0) is 18.9 Å². The highest BCUT2D eigenvalue weighted by molar-refractivity contribution is 5.27. The minimum Gasteiger partial charge on any atom is -0.392 e. The first-order chi connectivity index (χ1) is 10.1. The van der Waals surface area contributed by atoms with E-state index in [0.717, 1.165) is 25.7 Å². The molecule has 0 aliphatic rings. The van der Waals surface area contributed by atoms with Crippen molar-refractivity contribution in [2.24, 2.45) is 7.05 Å². The van der Waals surface area contributed by atoms with Gasteiger partial charge < -0.3 is 5.11 Å². The van der Waals surface area contributed by atoms with Crippen LogP contribution in [0.3, 0.4) is 0 Å². The van der Waals surface area contributed by atoms with Crippen LogP contribution in [0.15, 0.2) is 42.7 Å². The van der Waals surface area contributed by atoms with Crippen LogP contribution in [0.25, 0.3) is 0 Å². The second kappa shape index (κ2) is 6.90. The molecule has 21 heavy (non-hydrogen) atoms. The molecule has 114 valence electrons. The Hall–Kier alpha value is -1.61. The van der Waals surface area contributed by atoms with Crippen molar-refractivity contribution in [3.63, 3.8) is 0 Å². The first kappa shape index (κ1) is 15.8. The van der Waals surface area contributed by atoms with Crippen molar-refractivity contribution >= 4 is 0 Å². The number of hydrogen-bond donors (Lipinski definition) is 1. The average Bonchev–Trinajstić information content (AvgIpc) is 2.94. The summed E-state index contributed by atoms with van der Waals surface area (Å²) >= 11 is 0. The van der Waals surface area contributed by atoms with E-state index in [2.05, 4.69) is 43.2 Å². The summed E-state index contributed by atoms with van der Waals surface area (Å²) in [6.45, 7) is 4.34. The first-order valence-electron chi connectivity index (χ1n) is 7.83. The summed E-state index contributed by atoms with van der Waals surface area (Å²) in [6, 6.07) is 10.4. The van der Waals surface area contributed by atoms with Gasteiger partial charge in [0.1, 0.15) is 0 Å². The molecule has 2 aromatic rings. The number of hydrogen-bond acceptors (Lipinski definition) is 2. The number of benzene rings is 1. The molecule has 0 fully saturated rings. The molecule has 0 amide bonds. The summed E-state index contributed by atoms with van der Waals surface area (Å²) in [5, 5.41) is 15.0. The number of rotatable bonds is 7. The zero-order chi connectivity index (χ0) is 15.3. The lowest BCUT2D eigenvalue weighted by molar-refractivity contribution is 0.0658. The van der Waals surface area contributed by atoms with Gasteiger partial charge >= 0.3 is 0 Å². The minimum atomic E-state index is -0.338. The van der Waals surface area contributed by atoms with Gasteiger partial charge in [-0.1, -0.05) is 44.2 Å². The zero-order valence-electron chi connectivity index (χ0n) is 13.3. The number of nitrogens with zero attached hydrogens (tertiary/aromatic N) is 2. The van der Waals surface area contributed by atoms with Gasteiger partial charge in [-0.05, 0) is 36.8 Å². The summed E-state index contributed by atoms with van der Waals surface area (Å²) < 4.78 is 1.81. The van der Waals surface area contributed by atoms with Crippen molar-refractivity contribution in [1.29, 1.82) is 0 Å². The molecule has 1 aromatic carbocycles. The van der Waals surface area contributed by atoms with Crippen molar-refractivity contribution in [2.45, 2.75) is 51.0 Å². The highest BCUT2D eigenvalue weighted by Crippen LogP contribution is 2.37. The SMILES string of the molecule is CCC(CC)(c1ccccc1)C(O)CCc1cnn(C)c1. The lowest BCUT2D eigenvalue weighted by atomic mass is 9.70. The third-order valence-electron chi connectivity index (χ3n) is 4.71. The van der Waals surface area contributed by atoms with E-state index in [1.165, 1.54) is 11.1 Å². The predicted octanol–water partition coefficient (Wildman–Crippen LogP) is 3.47. The van der Waals surface area contributed by atoms with Gasteiger partial charge in [0.2, 0.25) is 0 Å². The topological polar surface area (TPSA) is 38.1 Å². The van der Waals surface area contributed by atoms with Crippen LogP contribution in [0.5, 0.6) is 0 Å². The lowest BCUT2D eigenvalue weighted by Crippen LogP contribution is -2.39. The molecule has 1 unspecified atom stereocenters. The highest BCUT2D eigenvalue weighted by atomic mass is 16.3. The molecule has 1 N–H and O–H groups in total. The van der Waals surface area contributed by atoms with Crippen LogP contribution >= 0.6 is 0 Å². The van der Waals surface area contributed by atoms with Gasteiger partial charge in [0.15, 0.2) is 0 Å². The smallest absolute Gasteiger partial charge is 0.0639 e. The van der Waals surface area contributed by atoms with Gasteiger partial charge in [-0.2, -0.15) is 5.10 Å². The Bertz CT molecular complexity index is 543. The predicted molar refractivity (Wildman–Crippen MR) is 86.2 cm³/mol. The second-order valence-corrected chi connectivity index (χ2v) is 5.81. The summed E-state index contributed by atoms with van der Waals surface area (Å²) in [7, 11) is 1.92. The molecule has 0 bridgehead atoms. The van der Waals surface area contributed by atoms with E-state index in [-0.39, 0.29) is 11.5 Å². The van der Waals surface area contributed by atoms with E-state index in [0.29, 0.717) is 0 Å². The van der Waals surface area contributed by atoms with E-state index in [4.69, 9.17) is 0 Å². The monoisotopic (exact) mass is 286 g/mol. The van der Waals surface area contributed by atoms with E-state index < -0.39 is 0 Å². The van der Waals surface area contributed by atoms with Crippen LogP contribution in [-0.4, -0.2) is 21.0 Å². The molecular weight excluding hydrogens is 260 g/mol. The Balaban J connectivity index is 2.14. The van der Waals surface area contributed by atoms with Gasteiger partial charge in [0.25, 0.3) is 0 Å². The standard InChI is InChI=1S/C18H26N2O/c1-4-18(5-2,16-9-7-6-8-10-16)17(21)12-11-15-13-19-20(3)14-15/h6-10,13-14,17,21H,4-5,11-12H2,1-3H3. The molecule has 0 spiro atoms. The molecule has 3 heteroatoms. The van der Waals surface area contributed by atoms with Crippen molar-refractivity contribution in [3.05, 3.63) is 53.9 Å². The fraction of sp³-hybridized carbons (Fsp3) is 0.500. The summed E-state index contributed by atoms with van der Waals surface area (Å²) in [5.74, 6) is 0. The van der Waals surface area contributed by atoms with Crippen LogP contribution in [0.2, 0.25) is 0 Å². The van der Waals surface area contributed by atoms with E-state index in [9.17, 15) is 5.11 Å². The Morgan fingerprint density at radius 2 is 1.86 bits per heavy atom. The van der Waals surface area contributed by atoms with Crippen molar-refractivity contribution in [3.8, 4) is 0 Å². The Morgan fingerprint density at radius 3 is 2.38 bits per heavy atom. The molecule has 0 saturated heterocycles. The fourth-order valence-electron chi connectivity index (χ4n) is 3.27. The van der Waals surface area contributed by atoms with Gasteiger partial charge in [-0.25, -0.2) is 0 Å². The maximum absolute atomic E-state index is 10.9. The van der Waals surface area contributed by atoms with E-state index in [1.54, 1.807) is 0 Å². The maximum atomic E-state index is 10.9. The van der Waals surface area contributed by atoms with Crippen LogP contribution in [0.4, 0.5) is 0 Å². The highest BCUT2D eigenvalue weighted by Gasteiger charge is 2.35. The minimum absolute atomic E-state index is 0.149. The molecule has 1 atom stereocenters. The molecule has 2 rings (SSSR count). The fourth-order valence-corrected chi connectivity index (χ4v) is 3.27. The molecule has 0 radical (unpaired) electrons. The molecule has 0 aliphatic carbocycles. The van der Waals surface area contributed by atoms with E-state index in [1.807, 2.05) is 30.2 Å². The van der Waals surface area contributed by atoms with Crippen LogP contribution < -0.4 is 0 Å². The van der Waals surface area contributed by atoms with Gasteiger partial charge in [-0.15, -0.1) is 0 Å². The summed E-state index contributed by atoms with van der Waals surface area (Å²) in [5.41, 5.74) is 2.28. The third kappa shape index (κ3) is 3.35. The van der Waals surface area contributed by atoms with Crippen LogP contribution in [0, 0.1) is 0 Å². The Morgan fingerprint density at radius 1 is 1.19 bits per heavy atom. The molecule has 1 heterocycles. The lowest BCUT2D eigenvalue weighted by Gasteiger charge is -2.37. The number of aliphatic hydroxyl groups is 1. The molecule has 1 aromatic heterocycles. The largest absolute Gasteiger partial charge is 0.392 e. The quantitative estimate of drug-likeness (QED) is 0.846. The molecular formula is C18H26N2O. The molecule has 0 saturated carbocycles. The first-order valence-corrected chi connectivity index (χ1v) is 7.83. The maximum Gasteiger partial charge on any atom is 0.0639 e. The van der Waals surface area contributed by atoms with Gasteiger partial charge in [-0.3, -0.25) is 4.68 Å². The van der Waals surface area contributed by atoms with Gasteiger partial charge in [0.05, 0.1) is 12.3 Å². The second-order valence-electron chi connectivity index (χ2n) is 5.81. The van der Waals surface area contributed by atoms with Crippen molar-refractivity contribution in [2.75, 3.05) is 0 Å². The summed E-state index contributed by atoms with van der Waals surface area (Å²) in [4.78, 5) is 0. The number of aryl methyl sites for hydroxylation is 2. The van der Waals surface area contributed by atoms with Gasteiger partial charge in [0, 0.05) is 18.7 Å². The number of aliphatic hydroxyl groups excluding tert-OH is 1. The average molecular weight is 286 g/mol.